The van der Waals surface area contributed by atoms with Crippen molar-refractivity contribution in [1.29, 1.82) is 0 Å². The number of sulfonamides is 1. The first-order chi connectivity index (χ1) is 8.97. The highest BCUT2D eigenvalue weighted by atomic mass is 32.2. The molecule has 1 aliphatic carbocycles. The van der Waals surface area contributed by atoms with E-state index in [-0.39, 0.29) is 5.75 Å². The fraction of sp³-hybridized carbons (Fsp3) is 0.571. The zero-order valence-electron chi connectivity index (χ0n) is 11.4. The summed E-state index contributed by atoms with van der Waals surface area (Å²) >= 11 is 0. The van der Waals surface area contributed by atoms with Crippen molar-refractivity contribution in [2.75, 3.05) is 19.3 Å². The quantitative estimate of drug-likeness (QED) is 0.842. The van der Waals surface area contributed by atoms with E-state index in [9.17, 15) is 8.42 Å². The van der Waals surface area contributed by atoms with E-state index < -0.39 is 10.0 Å². The van der Waals surface area contributed by atoms with Crippen LogP contribution in [0.15, 0.2) is 24.3 Å². The Morgan fingerprint density at radius 3 is 2.37 bits per heavy atom. The molecule has 4 nitrogen and oxygen atoms in total. The maximum Gasteiger partial charge on any atom is 0.218 e. The predicted molar refractivity (Wildman–Crippen MR) is 78.1 cm³/mol. The monoisotopic (exact) mass is 282 g/mol. The number of nitrogens with zero attached hydrogens (tertiary/aromatic N) is 1. The highest BCUT2D eigenvalue weighted by Gasteiger charge is 2.24. The first-order valence-corrected chi connectivity index (χ1v) is 8.37. The number of rotatable bonds is 5. The van der Waals surface area contributed by atoms with Crippen molar-refractivity contribution in [3.63, 3.8) is 0 Å². The molecule has 19 heavy (non-hydrogen) atoms. The number of benzene rings is 1. The average Bonchev–Trinajstić information content (AvgIpc) is 2.84. The van der Waals surface area contributed by atoms with E-state index >= 15 is 0 Å². The van der Waals surface area contributed by atoms with Crippen molar-refractivity contribution in [2.24, 2.45) is 5.92 Å². The molecule has 2 rings (SSSR count). The molecule has 1 fully saturated rings. The molecule has 1 aromatic rings. The van der Waals surface area contributed by atoms with Gasteiger partial charge in [0.2, 0.25) is 10.0 Å². The summed E-state index contributed by atoms with van der Waals surface area (Å²) in [6, 6.07) is 7.02. The topological polar surface area (TPSA) is 63.4 Å². The van der Waals surface area contributed by atoms with Crippen LogP contribution in [0.5, 0.6) is 0 Å². The van der Waals surface area contributed by atoms with Crippen molar-refractivity contribution in [3.8, 4) is 0 Å². The highest BCUT2D eigenvalue weighted by molar-refractivity contribution is 7.88. The minimum Gasteiger partial charge on any atom is -0.399 e. The first kappa shape index (κ1) is 14.3. The smallest absolute Gasteiger partial charge is 0.218 e. The summed E-state index contributed by atoms with van der Waals surface area (Å²) in [5, 5.41) is 0. The fourth-order valence-electron chi connectivity index (χ4n) is 2.60. The van der Waals surface area contributed by atoms with E-state index in [0.29, 0.717) is 18.2 Å². The van der Waals surface area contributed by atoms with Crippen molar-refractivity contribution in [1.82, 2.24) is 4.31 Å². The predicted octanol–water partition coefficient (Wildman–Crippen LogP) is 2.22. The molecule has 0 spiro atoms. The molecule has 106 valence electrons. The molecule has 1 aromatic carbocycles. The Bertz CT molecular complexity index is 505. The van der Waals surface area contributed by atoms with Gasteiger partial charge in [-0.05, 0) is 36.5 Å². The number of nitrogen functional groups attached to an aromatic ring is 1. The van der Waals surface area contributed by atoms with Gasteiger partial charge in [-0.15, -0.1) is 0 Å². The highest BCUT2D eigenvalue weighted by Crippen LogP contribution is 2.26. The van der Waals surface area contributed by atoms with E-state index in [1.165, 1.54) is 17.1 Å². The van der Waals surface area contributed by atoms with Crippen LogP contribution < -0.4 is 5.73 Å². The van der Waals surface area contributed by atoms with Crippen LogP contribution in [0.3, 0.4) is 0 Å². The summed E-state index contributed by atoms with van der Waals surface area (Å²) in [4.78, 5) is 0. The third-order valence-electron chi connectivity index (χ3n) is 3.79. The summed E-state index contributed by atoms with van der Waals surface area (Å²) in [6.07, 6.45) is 4.77. The van der Waals surface area contributed by atoms with Crippen molar-refractivity contribution < 1.29 is 8.42 Å². The van der Waals surface area contributed by atoms with Gasteiger partial charge in [0.1, 0.15) is 0 Å². The maximum absolute atomic E-state index is 12.3. The van der Waals surface area contributed by atoms with Gasteiger partial charge in [-0.1, -0.05) is 25.0 Å². The van der Waals surface area contributed by atoms with Gasteiger partial charge in [0.15, 0.2) is 0 Å². The van der Waals surface area contributed by atoms with Crippen LogP contribution in [-0.2, 0) is 15.8 Å². The van der Waals surface area contributed by atoms with Gasteiger partial charge in [-0.25, -0.2) is 12.7 Å². The Morgan fingerprint density at radius 1 is 1.21 bits per heavy atom. The van der Waals surface area contributed by atoms with Gasteiger partial charge >= 0.3 is 0 Å². The SMILES string of the molecule is CN(CC1CCCC1)S(=O)(=O)Cc1ccc(N)cc1. The van der Waals surface area contributed by atoms with Crippen LogP contribution in [0.4, 0.5) is 5.69 Å². The molecule has 0 aromatic heterocycles. The lowest BCUT2D eigenvalue weighted by molar-refractivity contribution is 0.387. The molecule has 0 bridgehead atoms. The Labute approximate surface area is 115 Å². The summed E-state index contributed by atoms with van der Waals surface area (Å²) in [7, 11) is -1.54. The first-order valence-electron chi connectivity index (χ1n) is 6.76. The van der Waals surface area contributed by atoms with Gasteiger partial charge in [0.25, 0.3) is 0 Å². The van der Waals surface area contributed by atoms with Crippen LogP contribution in [0.2, 0.25) is 0 Å². The molecule has 1 saturated carbocycles. The summed E-state index contributed by atoms with van der Waals surface area (Å²) < 4.78 is 26.0. The summed E-state index contributed by atoms with van der Waals surface area (Å²) in [6.45, 7) is 0.650. The molecule has 1 aliphatic rings. The largest absolute Gasteiger partial charge is 0.399 e. The summed E-state index contributed by atoms with van der Waals surface area (Å²) in [5.74, 6) is 0.586. The third kappa shape index (κ3) is 3.94. The molecule has 0 saturated heterocycles. The lowest BCUT2D eigenvalue weighted by Crippen LogP contribution is -2.32. The molecule has 5 heteroatoms. The Kier molecular flexibility index (Phi) is 4.47. The van der Waals surface area contributed by atoms with Crippen molar-refractivity contribution in [3.05, 3.63) is 29.8 Å². The van der Waals surface area contributed by atoms with Gasteiger partial charge in [0.05, 0.1) is 5.75 Å². The Hall–Kier alpha value is -1.07. The van der Waals surface area contributed by atoms with Crippen LogP contribution in [0.1, 0.15) is 31.2 Å². The van der Waals surface area contributed by atoms with Crippen LogP contribution in [0.25, 0.3) is 0 Å². The molecule has 0 atom stereocenters. The van der Waals surface area contributed by atoms with E-state index in [1.807, 2.05) is 0 Å². The van der Waals surface area contributed by atoms with Gasteiger partial charge < -0.3 is 5.73 Å². The molecule has 2 N–H and O–H groups in total. The number of hydrogen-bond donors (Lipinski definition) is 1. The second-order valence-corrected chi connectivity index (χ2v) is 7.50. The minimum absolute atomic E-state index is 0.0521. The van der Waals surface area contributed by atoms with Crippen LogP contribution in [0, 0.1) is 5.92 Å². The maximum atomic E-state index is 12.3. The summed E-state index contributed by atoms with van der Waals surface area (Å²) in [5.41, 5.74) is 7.04. The fourth-order valence-corrected chi connectivity index (χ4v) is 3.88. The average molecular weight is 282 g/mol. The normalized spacial score (nSPS) is 17.2. The molecule has 0 unspecified atom stereocenters. The Morgan fingerprint density at radius 2 is 1.79 bits per heavy atom. The molecule has 0 heterocycles. The zero-order chi connectivity index (χ0) is 13.9. The molecular formula is C14H22N2O2S. The van der Waals surface area contributed by atoms with Gasteiger partial charge in [-0.3, -0.25) is 0 Å². The second-order valence-electron chi connectivity index (χ2n) is 5.43. The number of hydrogen-bond acceptors (Lipinski definition) is 3. The van der Waals surface area contributed by atoms with Crippen LogP contribution in [-0.4, -0.2) is 26.3 Å². The standard InChI is InChI=1S/C14H22N2O2S/c1-16(10-12-4-2-3-5-12)19(17,18)11-13-6-8-14(15)9-7-13/h6-9,12H,2-5,10-11,15H2,1H3. The lowest BCUT2D eigenvalue weighted by atomic mass is 10.1. The van der Waals surface area contributed by atoms with E-state index in [4.69, 9.17) is 5.73 Å². The van der Waals surface area contributed by atoms with Gasteiger partial charge in [0, 0.05) is 19.3 Å². The van der Waals surface area contributed by atoms with Crippen molar-refractivity contribution in [2.45, 2.75) is 31.4 Å². The molecule has 0 amide bonds. The third-order valence-corrected chi connectivity index (χ3v) is 5.59. The second kappa shape index (κ2) is 5.92. The Balaban J connectivity index is 1.98. The van der Waals surface area contributed by atoms with E-state index in [0.717, 1.165) is 18.4 Å². The molecular weight excluding hydrogens is 260 g/mol. The van der Waals surface area contributed by atoms with Crippen molar-refractivity contribution >= 4 is 15.7 Å². The van der Waals surface area contributed by atoms with E-state index in [2.05, 4.69) is 0 Å². The minimum atomic E-state index is -3.22. The lowest BCUT2D eigenvalue weighted by Gasteiger charge is -2.20. The van der Waals surface area contributed by atoms with E-state index in [1.54, 1.807) is 31.3 Å². The number of anilines is 1. The zero-order valence-corrected chi connectivity index (χ0v) is 12.2. The molecule has 0 radical (unpaired) electrons. The van der Waals surface area contributed by atoms with Crippen LogP contribution >= 0.6 is 0 Å². The molecule has 0 aliphatic heterocycles. The number of nitrogens with two attached hydrogens (primary N) is 1. The van der Waals surface area contributed by atoms with Gasteiger partial charge in [-0.2, -0.15) is 0 Å².